The van der Waals surface area contributed by atoms with Gasteiger partial charge in [0.15, 0.2) is 22.2 Å². The summed E-state index contributed by atoms with van der Waals surface area (Å²) in [5.74, 6) is -2.64. The Hall–Kier alpha value is -3.42. The van der Waals surface area contributed by atoms with E-state index in [1.54, 1.807) is 6.92 Å². The van der Waals surface area contributed by atoms with E-state index < -0.39 is 51.5 Å². The monoisotopic (exact) mass is 488 g/mol. The second kappa shape index (κ2) is 7.86. The van der Waals surface area contributed by atoms with E-state index >= 15 is 0 Å². The molecular formula is C19H16F4N4O5S. The van der Waals surface area contributed by atoms with Crippen molar-refractivity contribution in [2.45, 2.75) is 18.6 Å². The number of carbonyl (C=O) groups is 1. The van der Waals surface area contributed by atoms with Crippen LogP contribution < -0.4 is 14.8 Å². The lowest BCUT2D eigenvalue weighted by molar-refractivity contribution is -0.153. The van der Waals surface area contributed by atoms with Crippen LogP contribution >= 0.6 is 0 Å². The van der Waals surface area contributed by atoms with Crippen LogP contribution in [0, 0.1) is 5.82 Å². The number of fused-ring (bicyclic) bond motifs is 1. The Labute approximate surface area is 184 Å². The number of amides is 1. The molecule has 0 spiro atoms. The molecule has 4 heterocycles. The Morgan fingerprint density at radius 2 is 2.00 bits per heavy atom. The normalized spacial score (nSPS) is 16.8. The van der Waals surface area contributed by atoms with Gasteiger partial charge in [0.1, 0.15) is 22.9 Å². The number of ether oxygens (including phenoxy) is 2. The maximum absolute atomic E-state index is 13.4. The van der Waals surface area contributed by atoms with Crippen molar-refractivity contribution in [2.75, 3.05) is 18.1 Å². The third-order valence-electron chi connectivity index (χ3n) is 4.54. The molecule has 1 saturated heterocycles. The summed E-state index contributed by atoms with van der Waals surface area (Å²) in [5.41, 5.74) is -0.507. The summed E-state index contributed by atoms with van der Waals surface area (Å²) in [6.07, 6.45) is -1.13. The molecule has 0 aliphatic carbocycles. The van der Waals surface area contributed by atoms with Crippen LogP contribution in [0.4, 0.5) is 17.6 Å². The average Bonchev–Trinajstić information content (AvgIpc) is 3.09. The summed E-state index contributed by atoms with van der Waals surface area (Å²) in [6, 6.07) is 3.61. The molecule has 0 radical (unpaired) electrons. The number of halogens is 4. The van der Waals surface area contributed by atoms with Crippen molar-refractivity contribution in [3.05, 3.63) is 48.3 Å². The fourth-order valence-corrected chi connectivity index (χ4v) is 5.34. The zero-order valence-electron chi connectivity index (χ0n) is 16.9. The first kappa shape index (κ1) is 22.8. The molecule has 3 aromatic heterocycles. The Balaban J connectivity index is 1.52. The molecule has 0 unspecified atom stereocenters. The molecule has 1 amide bonds. The van der Waals surface area contributed by atoms with E-state index in [1.165, 1.54) is 28.9 Å². The van der Waals surface area contributed by atoms with E-state index in [2.05, 4.69) is 20.0 Å². The Kier molecular flexibility index (Phi) is 5.42. The molecule has 33 heavy (non-hydrogen) atoms. The van der Waals surface area contributed by atoms with Crippen LogP contribution in [-0.2, 0) is 9.84 Å². The minimum atomic E-state index is -4.64. The molecule has 0 atom stereocenters. The van der Waals surface area contributed by atoms with E-state index in [1.807, 2.05) is 0 Å². The van der Waals surface area contributed by atoms with Crippen LogP contribution in [0.25, 0.3) is 5.65 Å². The molecule has 0 bridgehead atoms. The minimum Gasteiger partial charge on any atom is -0.478 e. The second-order valence-corrected chi connectivity index (χ2v) is 9.83. The molecule has 9 nitrogen and oxygen atoms in total. The van der Waals surface area contributed by atoms with Crippen molar-refractivity contribution in [3.8, 4) is 17.4 Å². The standard InChI is InChI=1S/C19H16F4N4O5S/c1-18(9-33(29,30)10-18)26-16(28)13-7-27-6-12(2-3-15(27)25-13)32-17-14(4-11(20)5-24-17)31-8-19(21,22)23/h2-7H,8-10H2,1H3,(H,26,28). The van der Waals surface area contributed by atoms with Crippen LogP contribution in [0.2, 0.25) is 0 Å². The molecule has 1 aliphatic heterocycles. The number of aromatic nitrogens is 3. The van der Waals surface area contributed by atoms with E-state index in [9.17, 15) is 30.8 Å². The molecule has 0 aromatic carbocycles. The van der Waals surface area contributed by atoms with Crippen molar-refractivity contribution >= 4 is 21.4 Å². The molecule has 1 aliphatic rings. The van der Waals surface area contributed by atoms with Gasteiger partial charge in [-0.05, 0) is 19.1 Å². The van der Waals surface area contributed by atoms with Gasteiger partial charge in [-0.3, -0.25) is 4.79 Å². The van der Waals surface area contributed by atoms with Crippen molar-refractivity contribution in [2.24, 2.45) is 0 Å². The number of pyridine rings is 2. The number of carbonyl (C=O) groups excluding carboxylic acids is 1. The van der Waals surface area contributed by atoms with Gasteiger partial charge in [-0.15, -0.1) is 0 Å². The van der Waals surface area contributed by atoms with Gasteiger partial charge < -0.3 is 19.2 Å². The maximum Gasteiger partial charge on any atom is 0.422 e. The zero-order valence-corrected chi connectivity index (χ0v) is 17.7. The van der Waals surface area contributed by atoms with Crippen molar-refractivity contribution in [3.63, 3.8) is 0 Å². The van der Waals surface area contributed by atoms with Crippen LogP contribution in [0.3, 0.4) is 0 Å². The number of rotatable bonds is 6. The fraction of sp³-hybridized carbons (Fsp3) is 0.316. The highest BCUT2D eigenvalue weighted by Gasteiger charge is 2.46. The Bertz CT molecular complexity index is 1330. The number of nitrogens with zero attached hydrogens (tertiary/aromatic N) is 3. The molecule has 176 valence electrons. The molecule has 1 N–H and O–H groups in total. The van der Waals surface area contributed by atoms with Crippen LogP contribution in [0.1, 0.15) is 17.4 Å². The summed E-state index contributed by atoms with van der Waals surface area (Å²) in [5, 5.41) is 2.64. The molecule has 0 saturated carbocycles. The van der Waals surface area contributed by atoms with Crippen LogP contribution in [0.5, 0.6) is 17.4 Å². The molecule has 14 heteroatoms. The smallest absolute Gasteiger partial charge is 0.422 e. The van der Waals surface area contributed by atoms with Gasteiger partial charge in [-0.1, -0.05) is 0 Å². The topological polar surface area (TPSA) is 112 Å². The third kappa shape index (κ3) is 5.32. The van der Waals surface area contributed by atoms with E-state index in [-0.39, 0.29) is 22.9 Å². The minimum absolute atomic E-state index is 0.0202. The number of sulfone groups is 1. The van der Waals surface area contributed by atoms with Gasteiger partial charge in [0.25, 0.3) is 11.8 Å². The number of hydrogen-bond acceptors (Lipinski definition) is 7. The molecular weight excluding hydrogens is 472 g/mol. The van der Waals surface area contributed by atoms with Gasteiger partial charge in [0.05, 0.1) is 29.4 Å². The van der Waals surface area contributed by atoms with E-state index in [0.717, 1.165) is 6.20 Å². The number of nitrogens with one attached hydrogen (secondary N) is 1. The summed E-state index contributed by atoms with van der Waals surface area (Å²) >= 11 is 0. The van der Waals surface area contributed by atoms with E-state index in [4.69, 9.17) is 4.74 Å². The van der Waals surface area contributed by atoms with Crippen LogP contribution in [0.15, 0.2) is 36.8 Å². The predicted molar refractivity (Wildman–Crippen MR) is 106 cm³/mol. The molecule has 3 aromatic rings. The van der Waals surface area contributed by atoms with Gasteiger partial charge in [0.2, 0.25) is 0 Å². The van der Waals surface area contributed by atoms with Gasteiger partial charge >= 0.3 is 6.18 Å². The quantitative estimate of drug-likeness (QED) is 0.531. The predicted octanol–water partition coefficient (Wildman–Crippen LogP) is 2.52. The van der Waals surface area contributed by atoms with Gasteiger partial charge in [0, 0.05) is 12.3 Å². The van der Waals surface area contributed by atoms with Crippen molar-refractivity contribution in [1.29, 1.82) is 0 Å². The first-order chi connectivity index (χ1) is 15.3. The maximum atomic E-state index is 13.4. The zero-order chi connectivity index (χ0) is 24.0. The Morgan fingerprint density at radius 1 is 1.27 bits per heavy atom. The lowest BCUT2D eigenvalue weighted by atomic mass is 10.1. The lowest BCUT2D eigenvalue weighted by Crippen LogP contribution is -2.63. The van der Waals surface area contributed by atoms with Crippen LogP contribution in [-0.4, -0.2) is 58.5 Å². The third-order valence-corrected chi connectivity index (χ3v) is 6.69. The number of alkyl halides is 3. The average molecular weight is 488 g/mol. The number of imidazole rings is 1. The summed E-state index contributed by atoms with van der Waals surface area (Å²) < 4.78 is 85.1. The first-order valence-corrected chi connectivity index (χ1v) is 11.2. The van der Waals surface area contributed by atoms with E-state index in [0.29, 0.717) is 11.7 Å². The SMILES string of the molecule is CC1(NC(=O)c2cn3cc(Oc4ncc(F)cc4OCC(F)(F)F)ccc3n2)CS(=O)(=O)C1. The largest absolute Gasteiger partial charge is 0.478 e. The molecule has 4 rings (SSSR count). The number of hydrogen-bond donors (Lipinski definition) is 1. The van der Waals surface area contributed by atoms with Crippen molar-refractivity contribution in [1.82, 2.24) is 19.7 Å². The lowest BCUT2D eigenvalue weighted by Gasteiger charge is -2.38. The van der Waals surface area contributed by atoms with Gasteiger partial charge in [-0.25, -0.2) is 22.8 Å². The van der Waals surface area contributed by atoms with Crippen molar-refractivity contribution < 1.29 is 40.2 Å². The summed E-state index contributed by atoms with van der Waals surface area (Å²) in [7, 11) is -3.15. The fourth-order valence-electron chi connectivity index (χ4n) is 3.34. The highest BCUT2D eigenvalue weighted by atomic mass is 32.2. The van der Waals surface area contributed by atoms with Gasteiger partial charge in [-0.2, -0.15) is 13.2 Å². The second-order valence-electron chi connectivity index (χ2n) is 7.77. The summed E-state index contributed by atoms with van der Waals surface area (Å²) in [4.78, 5) is 20.3. The summed E-state index contributed by atoms with van der Waals surface area (Å²) in [6.45, 7) is -0.0461. The highest BCUT2D eigenvalue weighted by Crippen LogP contribution is 2.31. The molecule has 1 fully saturated rings. The first-order valence-electron chi connectivity index (χ1n) is 9.36. The Morgan fingerprint density at radius 3 is 2.67 bits per heavy atom. The highest BCUT2D eigenvalue weighted by molar-refractivity contribution is 7.93.